The molecule has 1 N–H and O–H groups in total. The van der Waals surface area contributed by atoms with Crippen LogP contribution in [-0.4, -0.2) is 40.8 Å². The Balaban J connectivity index is 1.30. The Kier molecular flexibility index (Phi) is 7.38. The van der Waals surface area contributed by atoms with Crippen molar-refractivity contribution in [3.8, 4) is 5.75 Å². The van der Waals surface area contributed by atoms with Gasteiger partial charge >= 0.3 is 6.03 Å². The number of amides is 2. The van der Waals surface area contributed by atoms with Crippen molar-refractivity contribution in [2.75, 3.05) is 19.7 Å². The molecule has 0 saturated carbocycles. The van der Waals surface area contributed by atoms with E-state index >= 15 is 0 Å². The standard InChI is InChI=1S/C25H30N4O3/c1-19-8-7-11-21(18-19)31-17-14-23-27-24(32-28-23)22-12-5-6-16-29(22)25(30)26-15-13-20-9-3-2-4-10-20/h2-4,7-11,18,22H,5-6,12-17H2,1H3,(H,26,30). The molecule has 168 valence electrons. The van der Waals surface area contributed by atoms with E-state index in [1.54, 1.807) is 0 Å². The first-order chi connectivity index (χ1) is 15.7. The molecule has 0 bridgehead atoms. The van der Waals surface area contributed by atoms with E-state index < -0.39 is 0 Å². The predicted molar refractivity (Wildman–Crippen MR) is 122 cm³/mol. The van der Waals surface area contributed by atoms with Crippen LogP contribution < -0.4 is 10.1 Å². The highest BCUT2D eigenvalue weighted by Gasteiger charge is 2.32. The van der Waals surface area contributed by atoms with Gasteiger partial charge in [0.2, 0.25) is 5.89 Å². The number of piperidine rings is 1. The van der Waals surface area contributed by atoms with E-state index in [1.807, 2.05) is 54.3 Å². The lowest BCUT2D eigenvalue weighted by Crippen LogP contribution is -2.45. The second-order valence-electron chi connectivity index (χ2n) is 8.14. The number of urea groups is 1. The minimum Gasteiger partial charge on any atom is -0.493 e. The van der Waals surface area contributed by atoms with Crippen LogP contribution in [0.5, 0.6) is 5.75 Å². The number of aryl methyl sites for hydroxylation is 1. The minimum atomic E-state index is -0.181. The lowest BCUT2D eigenvalue weighted by atomic mass is 10.0. The summed E-state index contributed by atoms with van der Waals surface area (Å²) in [5.41, 5.74) is 2.36. The normalized spacial score (nSPS) is 16.0. The van der Waals surface area contributed by atoms with Crippen LogP contribution in [0.2, 0.25) is 0 Å². The molecule has 1 aliphatic rings. The molecule has 0 aliphatic carbocycles. The van der Waals surface area contributed by atoms with Crippen LogP contribution in [0.25, 0.3) is 0 Å². The molecule has 1 saturated heterocycles. The number of rotatable bonds is 8. The number of nitrogens with one attached hydrogen (secondary N) is 1. The number of hydrogen-bond acceptors (Lipinski definition) is 5. The van der Waals surface area contributed by atoms with Gasteiger partial charge in [0.1, 0.15) is 11.8 Å². The summed E-state index contributed by atoms with van der Waals surface area (Å²) in [6, 6.07) is 17.8. The summed E-state index contributed by atoms with van der Waals surface area (Å²) in [6.45, 7) is 3.79. The lowest BCUT2D eigenvalue weighted by Gasteiger charge is -2.33. The fourth-order valence-electron chi connectivity index (χ4n) is 3.96. The number of hydrogen-bond donors (Lipinski definition) is 1. The molecule has 4 rings (SSSR count). The fraction of sp³-hybridized carbons (Fsp3) is 0.400. The van der Waals surface area contributed by atoms with E-state index in [-0.39, 0.29) is 12.1 Å². The van der Waals surface area contributed by atoms with Gasteiger partial charge in [0.25, 0.3) is 0 Å². The Morgan fingerprint density at radius 1 is 1.16 bits per heavy atom. The lowest BCUT2D eigenvalue weighted by molar-refractivity contribution is 0.132. The van der Waals surface area contributed by atoms with Crippen LogP contribution in [0, 0.1) is 6.92 Å². The van der Waals surface area contributed by atoms with Gasteiger partial charge < -0.3 is 19.5 Å². The van der Waals surface area contributed by atoms with Gasteiger partial charge in [-0.3, -0.25) is 0 Å². The van der Waals surface area contributed by atoms with Crippen molar-refractivity contribution in [3.63, 3.8) is 0 Å². The van der Waals surface area contributed by atoms with Crippen molar-refractivity contribution in [2.24, 2.45) is 0 Å². The molecule has 1 atom stereocenters. The summed E-state index contributed by atoms with van der Waals surface area (Å²) in [5, 5.41) is 7.15. The molecule has 2 amide bonds. The fourth-order valence-corrected chi connectivity index (χ4v) is 3.96. The number of likely N-dealkylation sites (tertiary alicyclic amines) is 1. The van der Waals surface area contributed by atoms with Crippen LogP contribution in [0.4, 0.5) is 4.79 Å². The van der Waals surface area contributed by atoms with E-state index in [2.05, 4.69) is 27.6 Å². The van der Waals surface area contributed by atoms with E-state index in [9.17, 15) is 4.79 Å². The zero-order valence-electron chi connectivity index (χ0n) is 18.5. The highest BCUT2D eigenvalue weighted by molar-refractivity contribution is 5.74. The van der Waals surface area contributed by atoms with Crippen LogP contribution in [0.1, 0.15) is 48.1 Å². The van der Waals surface area contributed by atoms with Crippen molar-refractivity contribution in [2.45, 2.75) is 45.1 Å². The molecule has 1 unspecified atom stereocenters. The molecule has 1 fully saturated rings. The summed E-state index contributed by atoms with van der Waals surface area (Å²) >= 11 is 0. The Morgan fingerprint density at radius 2 is 2.03 bits per heavy atom. The third-order valence-electron chi connectivity index (χ3n) is 5.65. The molecule has 7 nitrogen and oxygen atoms in total. The second kappa shape index (κ2) is 10.8. The van der Waals surface area contributed by atoms with E-state index in [0.717, 1.165) is 37.0 Å². The van der Waals surface area contributed by atoms with Crippen molar-refractivity contribution in [3.05, 3.63) is 77.4 Å². The average molecular weight is 435 g/mol. The Labute approximate surface area is 188 Å². The van der Waals surface area contributed by atoms with E-state index in [4.69, 9.17) is 9.26 Å². The third kappa shape index (κ3) is 5.87. The van der Waals surface area contributed by atoms with E-state index in [0.29, 0.717) is 37.8 Å². The van der Waals surface area contributed by atoms with Gasteiger partial charge in [0, 0.05) is 19.5 Å². The molecule has 3 aromatic rings. The maximum Gasteiger partial charge on any atom is 0.318 e. The van der Waals surface area contributed by atoms with Gasteiger partial charge in [0.05, 0.1) is 6.61 Å². The summed E-state index contributed by atoms with van der Waals surface area (Å²) in [7, 11) is 0. The molecule has 32 heavy (non-hydrogen) atoms. The van der Waals surface area contributed by atoms with Crippen molar-refractivity contribution in [1.29, 1.82) is 0 Å². The van der Waals surface area contributed by atoms with Gasteiger partial charge in [-0.25, -0.2) is 4.79 Å². The van der Waals surface area contributed by atoms with Crippen LogP contribution in [0.3, 0.4) is 0 Å². The van der Waals surface area contributed by atoms with Gasteiger partial charge in [0.15, 0.2) is 5.82 Å². The van der Waals surface area contributed by atoms with Crippen molar-refractivity contribution < 1.29 is 14.1 Å². The molecule has 1 aromatic heterocycles. The van der Waals surface area contributed by atoms with Gasteiger partial charge in [-0.15, -0.1) is 0 Å². The highest BCUT2D eigenvalue weighted by atomic mass is 16.5. The van der Waals surface area contributed by atoms with Gasteiger partial charge in [-0.1, -0.05) is 47.6 Å². The first kappa shape index (κ1) is 21.9. The minimum absolute atomic E-state index is 0.0758. The molecule has 2 heterocycles. The smallest absolute Gasteiger partial charge is 0.318 e. The molecule has 0 spiro atoms. The second-order valence-corrected chi connectivity index (χ2v) is 8.14. The zero-order valence-corrected chi connectivity index (χ0v) is 18.5. The number of carbonyl (C=O) groups excluding carboxylic acids is 1. The molecule has 0 radical (unpaired) electrons. The summed E-state index contributed by atoms with van der Waals surface area (Å²) in [6.07, 6.45) is 4.19. The van der Waals surface area contributed by atoms with Crippen molar-refractivity contribution >= 4 is 6.03 Å². The summed E-state index contributed by atoms with van der Waals surface area (Å²) in [5.74, 6) is 1.94. The summed E-state index contributed by atoms with van der Waals surface area (Å²) in [4.78, 5) is 19.2. The summed E-state index contributed by atoms with van der Waals surface area (Å²) < 4.78 is 11.3. The predicted octanol–water partition coefficient (Wildman–Crippen LogP) is 4.48. The Hall–Kier alpha value is -3.35. The molecular formula is C25H30N4O3. The number of carbonyl (C=O) groups is 1. The third-order valence-corrected chi connectivity index (χ3v) is 5.65. The average Bonchev–Trinajstić information content (AvgIpc) is 3.28. The number of benzene rings is 2. The van der Waals surface area contributed by atoms with E-state index in [1.165, 1.54) is 5.56 Å². The maximum absolute atomic E-state index is 12.8. The van der Waals surface area contributed by atoms with Crippen molar-refractivity contribution in [1.82, 2.24) is 20.4 Å². The highest BCUT2D eigenvalue weighted by Crippen LogP contribution is 2.30. The topological polar surface area (TPSA) is 80.5 Å². The first-order valence-electron chi connectivity index (χ1n) is 11.3. The van der Waals surface area contributed by atoms with Crippen LogP contribution in [-0.2, 0) is 12.8 Å². The number of aromatic nitrogens is 2. The van der Waals surface area contributed by atoms with Crippen LogP contribution >= 0.6 is 0 Å². The Bertz CT molecular complexity index is 1010. The number of nitrogens with zero attached hydrogens (tertiary/aromatic N) is 3. The van der Waals surface area contributed by atoms with Crippen LogP contribution in [0.15, 0.2) is 59.1 Å². The molecule has 7 heteroatoms. The first-order valence-corrected chi connectivity index (χ1v) is 11.3. The van der Waals surface area contributed by atoms with Gasteiger partial charge in [-0.2, -0.15) is 4.98 Å². The SMILES string of the molecule is Cc1cccc(OCCc2noc(C3CCCCN3C(=O)NCCc3ccccc3)n2)c1. The molecule has 2 aromatic carbocycles. The molecular weight excluding hydrogens is 404 g/mol. The van der Waals surface area contributed by atoms with Gasteiger partial charge in [-0.05, 0) is 55.9 Å². The quantitative estimate of drug-likeness (QED) is 0.565. The zero-order chi connectivity index (χ0) is 22.2. The maximum atomic E-state index is 12.8. The monoisotopic (exact) mass is 434 g/mol. The number of ether oxygens (including phenoxy) is 1. The Morgan fingerprint density at radius 3 is 2.88 bits per heavy atom. The molecule has 1 aliphatic heterocycles. The largest absolute Gasteiger partial charge is 0.493 e.